The van der Waals surface area contributed by atoms with E-state index in [4.69, 9.17) is 16.3 Å². The van der Waals surface area contributed by atoms with E-state index in [1.165, 1.54) is 6.33 Å². The number of aryl methyl sites for hydroxylation is 1. The number of hydrogen-bond acceptors (Lipinski definition) is 4. The third-order valence-electron chi connectivity index (χ3n) is 4.52. The molecule has 0 saturated carbocycles. The van der Waals surface area contributed by atoms with E-state index in [2.05, 4.69) is 10.1 Å². The number of amides is 1. The fraction of sp³-hybridized carbons (Fsp3) is 0.250. The highest BCUT2D eigenvalue weighted by atomic mass is 35.5. The molecule has 0 fully saturated rings. The Morgan fingerprint density at radius 3 is 2.63 bits per heavy atom. The number of benzene rings is 2. The van der Waals surface area contributed by atoms with Crippen LogP contribution in [0.5, 0.6) is 5.75 Å². The maximum absolute atomic E-state index is 12.5. The van der Waals surface area contributed by atoms with Crippen LogP contribution in [-0.2, 0) is 4.79 Å². The zero-order chi connectivity index (χ0) is 19.4. The lowest BCUT2D eigenvalue weighted by Gasteiger charge is -2.25. The molecule has 0 radical (unpaired) electrons. The second-order valence-electron chi connectivity index (χ2n) is 6.31. The van der Waals surface area contributed by atoms with Crippen LogP contribution in [0.2, 0.25) is 5.02 Å². The van der Waals surface area contributed by atoms with Gasteiger partial charge in [-0.05, 0) is 55.3 Å². The third-order valence-corrected chi connectivity index (χ3v) is 4.95. The lowest BCUT2D eigenvalue weighted by molar-refractivity contribution is -0.134. The van der Waals surface area contributed by atoms with Gasteiger partial charge in [0.25, 0.3) is 5.91 Å². The molecule has 0 bridgehead atoms. The minimum absolute atomic E-state index is 0.0288. The molecule has 27 heavy (non-hydrogen) atoms. The van der Waals surface area contributed by atoms with E-state index in [0.29, 0.717) is 10.8 Å². The second-order valence-corrected chi connectivity index (χ2v) is 6.72. The van der Waals surface area contributed by atoms with Gasteiger partial charge in [0.2, 0.25) is 0 Å². The molecular weight excluding hydrogens is 364 g/mol. The number of hydrogen-bond donors (Lipinski definition) is 0. The summed E-state index contributed by atoms with van der Waals surface area (Å²) in [4.78, 5) is 18.1. The van der Waals surface area contributed by atoms with Crippen molar-refractivity contribution < 1.29 is 9.53 Å². The van der Waals surface area contributed by atoms with Crippen molar-refractivity contribution in [2.75, 3.05) is 13.7 Å². The minimum atomic E-state index is -0.101. The number of carbonyl (C=O) groups is 1. The van der Waals surface area contributed by atoms with Gasteiger partial charge in [-0.3, -0.25) is 4.79 Å². The summed E-state index contributed by atoms with van der Waals surface area (Å²) in [7, 11) is 1.77. The molecule has 1 amide bonds. The summed E-state index contributed by atoms with van der Waals surface area (Å²) in [5.41, 5.74) is 2.85. The Hall–Kier alpha value is -2.86. The molecule has 0 spiro atoms. The number of nitrogens with zero attached hydrogens (tertiary/aromatic N) is 4. The first kappa shape index (κ1) is 18.9. The van der Waals surface area contributed by atoms with Crippen LogP contribution in [0.1, 0.15) is 24.1 Å². The van der Waals surface area contributed by atoms with Gasteiger partial charge in [0, 0.05) is 12.1 Å². The molecule has 2 aromatic carbocycles. The van der Waals surface area contributed by atoms with E-state index in [-0.39, 0.29) is 18.6 Å². The van der Waals surface area contributed by atoms with Crippen molar-refractivity contribution in [3.05, 3.63) is 71.3 Å². The zero-order valence-electron chi connectivity index (χ0n) is 15.5. The zero-order valence-corrected chi connectivity index (χ0v) is 16.2. The molecular formula is C20H21ClN4O2. The number of rotatable bonds is 6. The second kappa shape index (κ2) is 8.22. The summed E-state index contributed by atoms with van der Waals surface area (Å²) >= 11 is 6.01. The predicted molar refractivity (Wildman–Crippen MR) is 104 cm³/mol. The molecule has 1 heterocycles. The molecule has 140 valence electrons. The lowest BCUT2D eigenvalue weighted by atomic mass is 10.1. The Kier molecular flexibility index (Phi) is 5.76. The van der Waals surface area contributed by atoms with Crippen LogP contribution in [0.25, 0.3) is 5.69 Å². The van der Waals surface area contributed by atoms with Gasteiger partial charge in [-0.1, -0.05) is 23.7 Å². The van der Waals surface area contributed by atoms with Crippen LogP contribution in [0.3, 0.4) is 0 Å². The summed E-state index contributed by atoms with van der Waals surface area (Å²) in [6, 6.07) is 13.1. The summed E-state index contributed by atoms with van der Waals surface area (Å²) in [5.74, 6) is 0.527. The summed E-state index contributed by atoms with van der Waals surface area (Å²) in [6.45, 7) is 3.85. The normalized spacial score (nSPS) is 11.9. The molecule has 0 aliphatic heterocycles. The Balaban J connectivity index is 1.61. The van der Waals surface area contributed by atoms with E-state index in [9.17, 15) is 4.79 Å². The van der Waals surface area contributed by atoms with Gasteiger partial charge in [-0.2, -0.15) is 5.10 Å². The number of aromatic nitrogens is 3. The Labute approximate surface area is 163 Å². The number of likely N-dealkylation sites (N-methyl/N-ethyl adjacent to an activating group) is 1. The monoisotopic (exact) mass is 384 g/mol. The van der Waals surface area contributed by atoms with Crippen molar-refractivity contribution in [2.45, 2.75) is 19.9 Å². The van der Waals surface area contributed by atoms with Gasteiger partial charge in [0.15, 0.2) is 6.61 Å². The fourth-order valence-electron chi connectivity index (χ4n) is 2.64. The minimum Gasteiger partial charge on any atom is -0.484 e. The molecule has 6 nitrogen and oxygen atoms in total. The molecule has 1 aromatic heterocycles. The first-order chi connectivity index (χ1) is 13.0. The van der Waals surface area contributed by atoms with E-state index in [1.54, 1.807) is 35.1 Å². The van der Waals surface area contributed by atoms with Gasteiger partial charge in [0.05, 0.1) is 11.7 Å². The molecule has 0 saturated heterocycles. The van der Waals surface area contributed by atoms with Crippen LogP contribution in [0.15, 0.2) is 55.1 Å². The topological polar surface area (TPSA) is 60.2 Å². The molecule has 7 heteroatoms. The smallest absolute Gasteiger partial charge is 0.260 e. The first-order valence-electron chi connectivity index (χ1n) is 8.55. The Morgan fingerprint density at radius 2 is 2.00 bits per heavy atom. The summed E-state index contributed by atoms with van der Waals surface area (Å²) < 4.78 is 7.30. The highest BCUT2D eigenvalue weighted by Crippen LogP contribution is 2.22. The van der Waals surface area contributed by atoms with E-state index >= 15 is 0 Å². The van der Waals surface area contributed by atoms with Gasteiger partial charge < -0.3 is 9.64 Å². The van der Waals surface area contributed by atoms with Gasteiger partial charge in [-0.25, -0.2) is 9.67 Å². The average Bonchev–Trinajstić information content (AvgIpc) is 3.22. The molecule has 0 aliphatic carbocycles. The largest absolute Gasteiger partial charge is 0.484 e. The predicted octanol–water partition coefficient (Wildman–Crippen LogP) is 3.83. The van der Waals surface area contributed by atoms with Gasteiger partial charge in [0.1, 0.15) is 18.4 Å². The van der Waals surface area contributed by atoms with Crippen molar-refractivity contribution in [3.63, 3.8) is 0 Å². The van der Waals surface area contributed by atoms with Gasteiger partial charge >= 0.3 is 0 Å². The fourth-order valence-corrected chi connectivity index (χ4v) is 2.76. The van der Waals surface area contributed by atoms with E-state index in [0.717, 1.165) is 16.8 Å². The van der Waals surface area contributed by atoms with E-state index < -0.39 is 0 Å². The van der Waals surface area contributed by atoms with Crippen molar-refractivity contribution in [3.8, 4) is 11.4 Å². The Morgan fingerprint density at radius 1 is 1.26 bits per heavy atom. The van der Waals surface area contributed by atoms with Crippen molar-refractivity contribution in [2.24, 2.45) is 0 Å². The average molecular weight is 385 g/mol. The highest BCUT2D eigenvalue weighted by Gasteiger charge is 2.18. The lowest BCUT2D eigenvalue weighted by Crippen LogP contribution is -2.33. The Bertz CT molecular complexity index is 910. The van der Waals surface area contributed by atoms with E-state index in [1.807, 2.05) is 44.2 Å². The number of carbonyl (C=O) groups excluding carboxylic acids is 1. The summed E-state index contributed by atoms with van der Waals surface area (Å²) in [6.07, 6.45) is 3.13. The molecule has 1 atom stereocenters. The first-order valence-corrected chi connectivity index (χ1v) is 8.93. The SMILES string of the molecule is Cc1cc(OCC(=O)N(C)[C@H](C)c2ccc(-n3cncn3)cc2)ccc1Cl. The van der Waals surface area contributed by atoms with Crippen molar-refractivity contribution in [1.82, 2.24) is 19.7 Å². The molecule has 0 aliphatic rings. The quantitative estimate of drug-likeness (QED) is 0.648. The number of ether oxygens (including phenoxy) is 1. The standard InChI is InChI=1S/C20H21ClN4O2/c1-14-10-18(8-9-19(14)21)27-11-20(26)24(3)15(2)16-4-6-17(7-5-16)25-13-22-12-23-25/h4-10,12-13,15H,11H2,1-3H3/t15-/m1/s1. The molecule has 3 aromatic rings. The van der Waals surface area contributed by atoms with Crippen molar-refractivity contribution in [1.29, 1.82) is 0 Å². The van der Waals surface area contributed by atoms with Crippen LogP contribution in [-0.4, -0.2) is 39.2 Å². The van der Waals surface area contributed by atoms with Crippen LogP contribution < -0.4 is 4.74 Å². The number of halogens is 1. The van der Waals surface area contributed by atoms with Crippen LogP contribution >= 0.6 is 11.6 Å². The van der Waals surface area contributed by atoms with Gasteiger partial charge in [-0.15, -0.1) is 0 Å². The van der Waals surface area contributed by atoms with Crippen LogP contribution in [0.4, 0.5) is 0 Å². The maximum Gasteiger partial charge on any atom is 0.260 e. The third kappa shape index (κ3) is 4.46. The molecule has 3 rings (SSSR count). The maximum atomic E-state index is 12.5. The highest BCUT2D eigenvalue weighted by molar-refractivity contribution is 6.31. The van der Waals surface area contributed by atoms with Crippen molar-refractivity contribution >= 4 is 17.5 Å². The molecule has 0 unspecified atom stereocenters. The summed E-state index contributed by atoms with van der Waals surface area (Å²) in [5, 5.41) is 4.78. The molecule has 0 N–H and O–H groups in total. The van der Waals surface area contributed by atoms with Crippen LogP contribution in [0, 0.1) is 6.92 Å².